The molecule has 1 aromatic heterocycles. The summed E-state index contributed by atoms with van der Waals surface area (Å²) in [5.41, 5.74) is 3.58. The standard InChI is InChI=1S/C20H20N4O/c1-15-7-9-18(10-8-15)24-19(25)17-13-22-20(23-14-17)21-12-11-16-5-3-2-4-6-16/h2-10,13-14H,11-12H2,1H3,(H,24,25)(H,21,22,23). The molecule has 1 heterocycles. The molecule has 126 valence electrons. The van der Waals surface area contributed by atoms with Crippen LogP contribution in [0.4, 0.5) is 11.6 Å². The van der Waals surface area contributed by atoms with E-state index in [1.54, 1.807) is 0 Å². The number of rotatable bonds is 6. The Morgan fingerprint density at radius 2 is 1.64 bits per heavy atom. The second kappa shape index (κ2) is 8.06. The highest BCUT2D eigenvalue weighted by Crippen LogP contribution is 2.10. The van der Waals surface area contributed by atoms with Gasteiger partial charge in [0.25, 0.3) is 5.91 Å². The molecule has 0 aliphatic carbocycles. The van der Waals surface area contributed by atoms with Crippen LogP contribution in [0.15, 0.2) is 67.0 Å². The Hall–Kier alpha value is -3.21. The van der Waals surface area contributed by atoms with Crippen LogP contribution in [0.25, 0.3) is 0 Å². The first kappa shape index (κ1) is 16.6. The average molecular weight is 332 g/mol. The van der Waals surface area contributed by atoms with Crippen molar-refractivity contribution in [2.75, 3.05) is 17.2 Å². The molecule has 3 rings (SSSR count). The largest absolute Gasteiger partial charge is 0.354 e. The molecule has 2 N–H and O–H groups in total. The summed E-state index contributed by atoms with van der Waals surface area (Å²) in [6, 6.07) is 17.8. The number of carbonyl (C=O) groups excluding carboxylic acids is 1. The van der Waals surface area contributed by atoms with Crippen molar-refractivity contribution in [1.82, 2.24) is 9.97 Å². The normalized spacial score (nSPS) is 10.3. The van der Waals surface area contributed by atoms with Crippen LogP contribution in [-0.2, 0) is 6.42 Å². The molecule has 0 unspecified atom stereocenters. The van der Waals surface area contributed by atoms with Crippen molar-refractivity contribution in [1.29, 1.82) is 0 Å². The lowest BCUT2D eigenvalue weighted by atomic mass is 10.1. The summed E-state index contributed by atoms with van der Waals surface area (Å²) in [7, 11) is 0. The van der Waals surface area contributed by atoms with Gasteiger partial charge in [0, 0.05) is 24.6 Å². The van der Waals surface area contributed by atoms with E-state index >= 15 is 0 Å². The predicted octanol–water partition coefficient (Wildman–Crippen LogP) is 3.69. The lowest BCUT2D eigenvalue weighted by Crippen LogP contribution is -2.14. The molecule has 0 aliphatic heterocycles. The Kier molecular flexibility index (Phi) is 5.36. The van der Waals surface area contributed by atoms with Crippen molar-refractivity contribution < 1.29 is 4.79 Å². The van der Waals surface area contributed by atoms with E-state index in [1.807, 2.05) is 49.4 Å². The lowest BCUT2D eigenvalue weighted by Gasteiger charge is -2.07. The number of aryl methyl sites for hydroxylation is 1. The number of anilines is 2. The molecule has 5 nitrogen and oxygen atoms in total. The van der Waals surface area contributed by atoms with Crippen LogP contribution < -0.4 is 10.6 Å². The van der Waals surface area contributed by atoms with E-state index in [-0.39, 0.29) is 5.91 Å². The molecule has 0 radical (unpaired) electrons. The van der Waals surface area contributed by atoms with Gasteiger partial charge in [0.1, 0.15) is 0 Å². The Bertz CT molecular complexity index is 815. The molecule has 0 bridgehead atoms. The highest BCUT2D eigenvalue weighted by molar-refractivity contribution is 6.03. The summed E-state index contributed by atoms with van der Waals surface area (Å²) < 4.78 is 0. The van der Waals surface area contributed by atoms with Gasteiger partial charge in [-0.1, -0.05) is 48.0 Å². The zero-order valence-corrected chi connectivity index (χ0v) is 14.1. The Morgan fingerprint density at radius 1 is 0.960 bits per heavy atom. The molecule has 25 heavy (non-hydrogen) atoms. The maximum absolute atomic E-state index is 12.2. The summed E-state index contributed by atoms with van der Waals surface area (Å²) in [4.78, 5) is 20.6. The number of hydrogen-bond donors (Lipinski definition) is 2. The van der Waals surface area contributed by atoms with Crippen molar-refractivity contribution in [3.05, 3.63) is 83.7 Å². The molecular weight excluding hydrogens is 312 g/mol. The second-order valence-electron chi connectivity index (χ2n) is 5.78. The van der Waals surface area contributed by atoms with Crippen LogP contribution in [0, 0.1) is 6.92 Å². The van der Waals surface area contributed by atoms with Gasteiger partial charge in [0.2, 0.25) is 5.95 Å². The molecule has 0 aliphatic rings. The molecular formula is C20H20N4O. The Labute approximate surface area is 147 Å². The van der Waals surface area contributed by atoms with Gasteiger partial charge in [0.05, 0.1) is 5.56 Å². The van der Waals surface area contributed by atoms with E-state index in [0.29, 0.717) is 11.5 Å². The molecule has 0 saturated carbocycles. The van der Waals surface area contributed by atoms with Crippen molar-refractivity contribution >= 4 is 17.5 Å². The lowest BCUT2D eigenvalue weighted by molar-refractivity contribution is 0.102. The van der Waals surface area contributed by atoms with Gasteiger partial charge in [0.15, 0.2) is 0 Å². The van der Waals surface area contributed by atoms with Gasteiger partial charge in [-0.3, -0.25) is 4.79 Å². The van der Waals surface area contributed by atoms with Crippen LogP contribution in [-0.4, -0.2) is 22.4 Å². The van der Waals surface area contributed by atoms with Crippen LogP contribution in [0.3, 0.4) is 0 Å². The fraction of sp³-hybridized carbons (Fsp3) is 0.150. The van der Waals surface area contributed by atoms with Gasteiger partial charge in [-0.25, -0.2) is 9.97 Å². The smallest absolute Gasteiger partial charge is 0.258 e. The molecule has 1 amide bonds. The van der Waals surface area contributed by atoms with E-state index in [2.05, 4.69) is 32.7 Å². The number of aromatic nitrogens is 2. The second-order valence-corrected chi connectivity index (χ2v) is 5.78. The topological polar surface area (TPSA) is 66.9 Å². The zero-order chi connectivity index (χ0) is 17.5. The maximum atomic E-state index is 12.2. The first-order chi connectivity index (χ1) is 12.2. The minimum Gasteiger partial charge on any atom is -0.354 e. The summed E-state index contributed by atoms with van der Waals surface area (Å²) in [5, 5.41) is 5.99. The molecule has 3 aromatic rings. The quantitative estimate of drug-likeness (QED) is 0.722. The SMILES string of the molecule is Cc1ccc(NC(=O)c2cnc(NCCc3ccccc3)nc2)cc1. The summed E-state index contributed by atoms with van der Waals surface area (Å²) in [6.07, 6.45) is 3.95. The number of nitrogens with zero attached hydrogens (tertiary/aromatic N) is 2. The van der Waals surface area contributed by atoms with Crippen molar-refractivity contribution in [2.45, 2.75) is 13.3 Å². The van der Waals surface area contributed by atoms with Crippen LogP contribution >= 0.6 is 0 Å². The number of hydrogen-bond acceptors (Lipinski definition) is 4. The van der Waals surface area contributed by atoms with E-state index < -0.39 is 0 Å². The minimum atomic E-state index is -0.223. The fourth-order valence-corrected chi connectivity index (χ4v) is 2.34. The van der Waals surface area contributed by atoms with Gasteiger partial charge in [-0.2, -0.15) is 0 Å². The van der Waals surface area contributed by atoms with Gasteiger partial charge in [-0.15, -0.1) is 0 Å². The van der Waals surface area contributed by atoms with E-state index in [0.717, 1.165) is 24.2 Å². The average Bonchev–Trinajstić information content (AvgIpc) is 2.65. The number of amides is 1. The number of benzene rings is 2. The Balaban J connectivity index is 1.52. The van der Waals surface area contributed by atoms with Gasteiger partial charge < -0.3 is 10.6 Å². The molecule has 2 aromatic carbocycles. The molecule has 5 heteroatoms. The van der Waals surface area contributed by atoms with Gasteiger partial charge >= 0.3 is 0 Å². The third-order valence-corrected chi connectivity index (χ3v) is 3.76. The summed E-state index contributed by atoms with van der Waals surface area (Å²) in [6.45, 7) is 2.74. The van der Waals surface area contributed by atoms with Crippen molar-refractivity contribution in [2.24, 2.45) is 0 Å². The maximum Gasteiger partial charge on any atom is 0.258 e. The molecule has 0 atom stereocenters. The fourth-order valence-electron chi connectivity index (χ4n) is 2.34. The third kappa shape index (κ3) is 4.88. The molecule has 0 fully saturated rings. The molecule has 0 spiro atoms. The first-order valence-corrected chi connectivity index (χ1v) is 8.18. The number of nitrogens with one attached hydrogen (secondary N) is 2. The highest BCUT2D eigenvalue weighted by Gasteiger charge is 2.07. The van der Waals surface area contributed by atoms with E-state index in [4.69, 9.17) is 0 Å². The summed E-state index contributed by atoms with van der Waals surface area (Å²) in [5.74, 6) is 0.294. The highest BCUT2D eigenvalue weighted by atomic mass is 16.1. The number of carbonyl (C=O) groups is 1. The monoisotopic (exact) mass is 332 g/mol. The van der Waals surface area contributed by atoms with Crippen molar-refractivity contribution in [3.63, 3.8) is 0 Å². The van der Waals surface area contributed by atoms with Crippen LogP contribution in [0.1, 0.15) is 21.5 Å². The van der Waals surface area contributed by atoms with Gasteiger partial charge in [-0.05, 0) is 31.0 Å². The van der Waals surface area contributed by atoms with E-state index in [9.17, 15) is 4.79 Å². The first-order valence-electron chi connectivity index (χ1n) is 8.18. The zero-order valence-electron chi connectivity index (χ0n) is 14.1. The summed E-state index contributed by atoms with van der Waals surface area (Å²) >= 11 is 0. The van der Waals surface area contributed by atoms with Crippen LogP contribution in [0.5, 0.6) is 0 Å². The molecule has 0 saturated heterocycles. The third-order valence-electron chi connectivity index (χ3n) is 3.76. The van der Waals surface area contributed by atoms with E-state index in [1.165, 1.54) is 18.0 Å². The van der Waals surface area contributed by atoms with Crippen molar-refractivity contribution in [3.8, 4) is 0 Å². The predicted molar refractivity (Wildman–Crippen MR) is 99.8 cm³/mol. The van der Waals surface area contributed by atoms with Crippen LogP contribution in [0.2, 0.25) is 0 Å². The minimum absolute atomic E-state index is 0.223. The Morgan fingerprint density at radius 3 is 2.32 bits per heavy atom.